The largest absolute Gasteiger partial charge is 0.494 e. The van der Waals surface area contributed by atoms with Crippen LogP contribution < -0.4 is 4.74 Å². The smallest absolute Gasteiger partial charge is 0.165 e. The van der Waals surface area contributed by atoms with Crippen molar-refractivity contribution in [1.82, 2.24) is 0 Å². The second-order valence-electron chi connectivity index (χ2n) is 5.46. The van der Waals surface area contributed by atoms with Crippen LogP contribution in [-0.4, -0.2) is 12.4 Å². The highest BCUT2D eigenvalue weighted by Crippen LogP contribution is 2.33. The molecule has 104 valence electrons. The maximum absolute atomic E-state index is 12.5. The second-order valence-corrected chi connectivity index (χ2v) is 5.46. The van der Waals surface area contributed by atoms with Crippen molar-refractivity contribution in [2.75, 3.05) is 6.61 Å². The van der Waals surface area contributed by atoms with E-state index in [1.54, 1.807) is 0 Å². The van der Waals surface area contributed by atoms with Crippen LogP contribution in [0.1, 0.15) is 56.3 Å². The summed E-state index contributed by atoms with van der Waals surface area (Å²) in [7, 11) is 0. The Balaban J connectivity index is 2.02. The van der Waals surface area contributed by atoms with Crippen LogP contribution in [0.3, 0.4) is 0 Å². The molecule has 2 nitrogen and oxygen atoms in total. The predicted molar refractivity (Wildman–Crippen MR) is 77.7 cm³/mol. The standard InChI is InChI=1S/C17H24O2/c1-3-13-6-5-7-15(12-13)17(18)14-8-10-16(11-9-14)19-4-2/h8-11,13,15H,3-7,12H2,1-2H3. The van der Waals surface area contributed by atoms with Gasteiger partial charge in [0, 0.05) is 11.5 Å². The van der Waals surface area contributed by atoms with Crippen molar-refractivity contribution in [3.63, 3.8) is 0 Å². The summed E-state index contributed by atoms with van der Waals surface area (Å²) in [5.41, 5.74) is 0.838. The molecule has 0 saturated heterocycles. The van der Waals surface area contributed by atoms with Crippen LogP contribution in [0.2, 0.25) is 0 Å². The van der Waals surface area contributed by atoms with Crippen LogP contribution in [0, 0.1) is 11.8 Å². The molecule has 0 N–H and O–H groups in total. The average Bonchev–Trinajstić information content (AvgIpc) is 2.48. The molecule has 0 heterocycles. The minimum Gasteiger partial charge on any atom is -0.494 e. The molecular weight excluding hydrogens is 236 g/mol. The van der Waals surface area contributed by atoms with Crippen LogP contribution in [-0.2, 0) is 0 Å². The van der Waals surface area contributed by atoms with E-state index in [1.165, 1.54) is 19.3 Å². The zero-order chi connectivity index (χ0) is 13.7. The molecule has 0 amide bonds. The molecule has 2 atom stereocenters. The summed E-state index contributed by atoms with van der Waals surface area (Å²) < 4.78 is 5.41. The molecule has 1 aromatic carbocycles. The lowest BCUT2D eigenvalue weighted by atomic mass is 9.77. The van der Waals surface area contributed by atoms with Gasteiger partial charge in [-0.15, -0.1) is 0 Å². The lowest BCUT2D eigenvalue weighted by molar-refractivity contribution is 0.0862. The number of ether oxygens (including phenoxy) is 1. The first-order valence-corrected chi connectivity index (χ1v) is 7.51. The number of hydrogen-bond donors (Lipinski definition) is 0. The number of ketones is 1. The van der Waals surface area contributed by atoms with Gasteiger partial charge in [-0.05, 0) is 49.9 Å². The van der Waals surface area contributed by atoms with E-state index >= 15 is 0 Å². The third kappa shape index (κ3) is 3.59. The van der Waals surface area contributed by atoms with Gasteiger partial charge in [-0.2, -0.15) is 0 Å². The quantitative estimate of drug-likeness (QED) is 0.729. The van der Waals surface area contributed by atoms with Crippen molar-refractivity contribution in [3.05, 3.63) is 29.8 Å². The van der Waals surface area contributed by atoms with Gasteiger partial charge in [0.15, 0.2) is 5.78 Å². The van der Waals surface area contributed by atoms with Gasteiger partial charge in [-0.25, -0.2) is 0 Å². The van der Waals surface area contributed by atoms with E-state index in [2.05, 4.69) is 6.92 Å². The van der Waals surface area contributed by atoms with Gasteiger partial charge < -0.3 is 4.74 Å². The highest BCUT2D eigenvalue weighted by Gasteiger charge is 2.26. The van der Waals surface area contributed by atoms with Crippen molar-refractivity contribution in [1.29, 1.82) is 0 Å². The summed E-state index contributed by atoms with van der Waals surface area (Å²) in [4.78, 5) is 12.5. The number of rotatable bonds is 5. The Morgan fingerprint density at radius 2 is 1.95 bits per heavy atom. The highest BCUT2D eigenvalue weighted by atomic mass is 16.5. The Morgan fingerprint density at radius 3 is 2.58 bits per heavy atom. The highest BCUT2D eigenvalue weighted by molar-refractivity contribution is 5.98. The summed E-state index contributed by atoms with van der Waals surface area (Å²) >= 11 is 0. The molecule has 2 unspecified atom stereocenters. The van der Waals surface area contributed by atoms with Gasteiger partial charge in [0.25, 0.3) is 0 Å². The van der Waals surface area contributed by atoms with Crippen LogP contribution in [0.15, 0.2) is 24.3 Å². The first kappa shape index (κ1) is 14.1. The van der Waals surface area contributed by atoms with Gasteiger partial charge in [-0.1, -0.05) is 26.2 Å². The molecule has 2 rings (SSSR count). The van der Waals surface area contributed by atoms with Gasteiger partial charge >= 0.3 is 0 Å². The van der Waals surface area contributed by atoms with Crippen LogP contribution in [0.5, 0.6) is 5.75 Å². The van der Waals surface area contributed by atoms with E-state index in [1.807, 2.05) is 31.2 Å². The molecule has 0 spiro atoms. The minimum absolute atomic E-state index is 0.233. The number of carbonyl (C=O) groups excluding carboxylic acids is 1. The lowest BCUT2D eigenvalue weighted by Gasteiger charge is -2.27. The average molecular weight is 260 g/mol. The van der Waals surface area contributed by atoms with Gasteiger partial charge in [-0.3, -0.25) is 4.79 Å². The maximum Gasteiger partial charge on any atom is 0.165 e. The van der Waals surface area contributed by atoms with Gasteiger partial charge in [0.2, 0.25) is 0 Å². The molecule has 0 radical (unpaired) electrons. The lowest BCUT2D eigenvalue weighted by Crippen LogP contribution is -2.22. The van der Waals surface area contributed by atoms with E-state index in [-0.39, 0.29) is 5.92 Å². The van der Waals surface area contributed by atoms with E-state index in [4.69, 9.17) is 4.74 Å². The number of hydrogen-bond acceptors (Lipinski definition) is 2. The SMILES string of the molecule is CCOc1ccc(C(=O)C2CCCC(CC)C2)cc1. The molecule has 0 bridgehead atoms. The van der Waals surface area contributed by atoms with Crippen LogP contribution in [0.25, 0.3) is 0 Å². The predicted octanol–water partition coefficient (Wildman–Crippen LogP) is 4.48. The van der Waals surface area contributed by atoms with Gasteiger partial charge in [0.05, 0.1) is 6.61 Å². The molecule has 0 aliphatic heterocycles. The molecule has 0 aromatic heterocycles. The van der Waals surface area contributed by atoms with E-state index in [0.29, 0.717) is 12.4 Å². The second kappa shape index (κ2) is 6.74. The fraction of sp³-hybridized carbons (Fsp3) is 0.588. The van der Waals surface area contributed by atoms with Crippen molar-refractivity contribution in [2.45, 2.75) is 46.0 Å². The number of benzene rings is 1. The fourth-order valence-electron chi connectivity index (χ4n) is 3.02. The van der Waals surface area contributed by atoms with Crippen molar-refractivity contribution >= 4 is 5.78 Å². The molecule has 1 fully saturated rings. The fourth-order valence-corrected chi connectivity index (χ4v) is 3.02. The van der Waals surface area contributed by atoms with Crippen molar-refractivity contribution in [2.24, 2.45) is 11.8 Å². The molecule has 1 saturated carbocycles. The summed E-state index contributed by atoms with van der Waals surface area (Å²) in [6, 6.07) is 7.61. The third-order valence-electron chi connectivity index (χ3n) is 4.18. The summed E-state index contributed by atoms with van der Waals surface area (Å²) in [5, 5.41) is 0. The topological polar surface area (TPSA) is 26.3 Å². The molecule has 19 heavy (non-hydrogen) atoms. The molecule has 1 aliphatic rings. The van der Waals surface area contributed by atoms with E-state index in [9.17, 15) is 4.79 Å². The summed E-state index contributed by atoms with van der Waals surface area (Å²) in [5.74, 6) is 2.14. The third-order valence-corrected chi connectivity index (χ3v) is 4.18. The molecular formula is C17H24O2. The first-order valence-electron chi connectivity index (χ1n) is 7.51. The number of Topliss-reactive ketones (excluding diaryl/α,β-unsaturated/α-hetero) is 1. The Kier molecular flexibility index (Phi) is 5.00. The summed E-state index contributed by atoms with van der Waals surface area (Å²) in [6.07, 6.45) is 5.83. The normalized spacial score (nSPS) is 23.1. The minimum atomic E-state index is 0.233. The van der Waals surface area contributed by atoms with Crippen molar-refractivity contribution in [3.8, 4) is 5.75 Å². The Bertz CT molecular complexity index is 408. The van der Waals surface area contributed by atoms with Crippen molar-refractivity contribution < 1.29 is 9.53 Å². The first-order chi connectivity index (χ1) is 9.24. The van der Waals surface area contributed by atoms with Gasteiger partial charge in [0.1, 0.15) is 5.75 Å². The maximum atomic E-state index is 12.5. The zero-order valence-corrected chi connectivity index (χ0v) is 12.0. The summed E-state index contributed by atoms with van der Waals surface area (Å²) in [6.45, 7) is 4.86. The monoisotopic (exact) mass is 260 g/mol. The Morgan fingerprint density at radius 1 is 1.21 bits per heavy atom. The van der Waals surface area contributed by atoms with Crippen LogP contribution in [0.4, 0.5) is 0 Å². The van der Waals surface area contributed by atoms with Crippen LogP contribution >= 0.6 is 0 Å². The molecule has 2 heteroatoms. The Labute approximate surface area is 116 Å². The van der Waals surface area contributed by atoms with E-state index in [0.717, 1.165) is 30.1 Å². The zero-order valence-electron chi connectivity index (χ0n) is 12.0. The molecule has 1 aliphatic carbocycles. The number of carbonyl (C=O) groups is 1. The molecule has 1 aromatic rings. The van der Waals surface area contributed by atoms with E-state index < -0.39 is 0 Å². The Hall–Kier alpha value is -1.31.